The van der Waals surface area contributed by atoms with Gasteiger partial charge in [0.2, 0.25) is 0 Å². The highest BCUT2D eigenvalue weighted by Gasteiger charge is 2.14. The van der Waals surface area contributed by atoms with Gasteiger partial charge in [0.15, 0.2) is 0 Å². The first kappa shape index (κ1) is 15.9. The van der Waals surface area contributed by atoms with Crippen LogP contribution >= 0.6 is 11.6 Å². The molecule has 0 bridgehead atoms. The molecule has 2 nitrogen and oxygen atoms in total. The number of halogens is 2. The van der Waals surface area contributed by atoms with Crippen LogP contribution in [0.15, 0.2) is 36.4 Å². The van der Waals surface area contributed by atoms with Gasteiger partial charge in [-0.15, -0.1) is 0 Å². The highest BCUT2D eigenvalue weighted by atomic mass is 35.5. The monoisotopic (exact) mass is 306 g/mol. The summed E-state index contributed by atoms with van der Waals surface area (Å²) in [5.74, 6) is -0.374. The number of aromatic nitrogens is 1. The van der Waals surface area contributed by atoms with Gasteiger partial charge in [-0.1, -0.05) is 30.7 Å². The Bertz CT molecular complexity index is 601. The van der Waals surface area contributed by atoms with Crippen molar-refractivity contribution < 1.29 is 4.39 Å². The van der Waals surface area contributed by atoms with E-state index in [4.69, 9.17) is 11.6 Å². The van der Waals surface area contributed by atoms with Gasteiger partial charge in [0.05, 0.1) is 16.8 Å². The smallest absolute Gasteiger partial charge is 0.142 e. The lowest BCUT2D eigenvalue weighted by molar-refractivity contribution is 0.515. The predicted octanol–water partition coefficient (Wildman–Crippen LogP) is 4.47. The summed E-state index contributed by atoms with van der Waals surface area (Å²) in [7, 11) is 0. The summed E-state index contributed by atoms with van der Waals surface area (Å²) >= 11 is 5.74. The van der Waals surface area contributed by atoms with Crippen molar-refractivity contribution >= 4 is 11.6 Å². The lowest BCUT2D eigenvalue weighted by Gasteiger charge is -2.19. The van der Waals surface area contributed by atoms with Gasteiger partial charge in [0.25, 0.3) is 0 Å². The number of pyridine rings is 1. The molecule has 112 valence electrons. The van der Waals surface area contributed by atoms with Crippen LogP contribution in [0.5, 0.6) is 0 Å². The van der Waals surface area contributed by atoms with Crippen LogP contribution in [0.25, 0.3) is 0 Å². The summed E-state index contributed by atoms with van der Waals surface area (Å²) in [5, 5.41) is 3.64. The Hall–Kier alpha value is -1.45. The van der Waals surface area contributed by atoms with Gasteiger partial charge in [-0.2, -0.15) is 0 Å². The van der Waals surface area contributed by atoms with Gasteiger partial charge in [-0.05, 0) is 56.1 Å². The molecule has 1 aromatic heterocycles. The lowest BCUT2D eigenvalue weighted by Crippen LogP contribution is -2.25. The zero-order valence-corrected chi connectivity index (χ0v) is 13.1. The van der Waals surface area contributed by atoms with Crippen molar-refractivity contribution in [2.45, 2.75) is 32.7 Å². The SMILES string of the molecule is CCCNC(Cc1ccc(Cl)c(F)c1)c1cccc(C)n1. The molecule has 1 heterocycles. The third-order valence-electron chi connectivity index (χ3n) is 3.33. The maximum atomic E-state index is 13.6. The number of hydrogen-bond donors (Lipinski definition) is 1. The highest BCUT2D eigenvalue weighted by Crippen LogP contribution is 2.21. The third-order valence-corrected chi connectivity index (χ3v) is 3.64. The molecule has 1 atom stereocenters. The van der Waals surface area contributed by atoms with E-state index in [-0.39, 0.29) is 16.9 Å². The molecule has 0 saturated carbocycles. The third kappa shape index (κ3) is 4.51. The van der Waals surface area contributed by atoms with E-state index < -0.39 is 0 Å². The topological polar surface area (TPSA) is 24.9 Å². The van der Waals surface area contributed by atoms with Crippen LogP contribution in [0.4, 0.5) is 4.39 Å². The largest absolute Gasteiger partial charge is 0.308 e. The number of nitrogens with one attached hydrogen (secondary N) is 1. The van der Waals surface area contributed by atoms with Crippen LogP contribution in [-0.2, 0) is 6.42 Å². The summed E-state index contributed by atoms with van der Waals surface area (Å²) in [6, 6.07) is 11.0. The first-order chi connectivity index (χ1) is 10.1. The highest BCUT2D eigenvalue weighted by molar-refractivity contribution is 6.30. The molecule has 2 rings (SSSR count). The molecule has 4 heteroatoms. The Morgan fingerprint density at radius 2 is 2.10 bits per heavy atom. The molecule has 0 aliphatic heterocycles. The molecule has 1 unspecified atom stereocenters. The number of nitrogens with zero attached hydrogens (tertiary/aromatic N) is 1. The zero-order chi connectivity index (χ0) is 15.2. The average molecular weight is 307 g/mol. The van der Waals surface area contributed by atoms with Crippen molar-refractivity contribution in [2.24, 2.45) is 0 Å². The minimum absolute atomic E-state index is 0.0745. The zero-order valence-electron chi connectivity index (χ0n) is 12.4. The Morgan fingerprint density at radius 3 is 2.76 bits per heavy atom. The average Bonchev–Trinajstić information content (AvgIpc) is 2.47. The van der Waals surface area contributed by atoms with E-state index in [0.717, 1.165) is 29.9 Å². The van der Waals surface area contributed by atoms with Crippen LogP contribution < -0.4 is 5.32 Å². The normalized spacial score (nSPS) is 12.4. The van der Waals surface area contributed by atoms with Crippen LogP contribution in [0, 0.1) is 12.7 Å². The van der Waals surface area contributed by atoms with E-state index in [0.29, 0.717) is 6.42 Å². The van der Waals surface area contributed by atoms with E-state index in [1.54, 1.807) is 6.07 Å². The first-order valence-electron chi connectivity index (χ1n) is 7.21. The molecule has 0 spiro atoms. The number of benzene rings is 1. The summed E-state index contributed by atoms with van der Waals surface area (Å²) < 4.78 is 13.6. The maximum absolute atomic E-state index is 13.6. The fourth-order valence-corrected chi connectivity index (χ4v) is 2.38. The van der Waals surface area contributed by atoms with Crippen LogP contribution in [0.2, 0.25) is 5.02 Å². The second-order valence-electron chi connectivity index (χ2n) is 5.16. The molecule has 0 saturated heterocycles. The van der Waals surface area contributed by atoms with E-state index in [9.17, 15) is 4.39 Å². The number of aryl methyl sites for hydroxylation is 1. The van der Waals surface area contributed by atoms with Crippen molar-refractivity contribution in [3.8, 4) is 0 Å². The van der Waals surface area contributed by atoms with Gasteiger partial charge >= 0.3 is 0 Å². The molecular weight excluding hydrogens is 287 g/mol. The summed E-state index contributed by atoms with van der Waals surface area (Å²) in [6.07, 6.45) is 1.72. The van der Waals surface area contributed by atoms with E-state index in [2.05, 4.69) is 17.2 Å². The quantitative estimate of drug-likeness (QED) is 0.852. The van der Waals surface area contributed by atoms with Crippen LogP contribution in [0.3, 0.4) is 0 Å². The maximum Gasteiger partial charge on any atom is 0.142 e. The molecule has 2 aromatic rings. The van der Waals surface area contributed by atoms with Crippen molar-refractivity contribution in [3.63, 3.8) is 0 Å². The molecule has 0 aliphatic carbocycles. The van der Waals surface area contributed by atoms with Crippen molar-refractivity contribution in [1.29, 1.82) is 0 Å². The lowest BCUT2D eigenvalue weighted by atomic mass is 10.0. The minimum Gasteiger partial charge on any atom is -0.308 e. The van der Waals surface area contributed by atoms with Crippen LogP contribution in [-0.4, -0.2) is 11.5 Å². The number of rotatable bonds is 6. The second-order valence-corrected chi connectivity index (χ2v) is 5.57. The molecule has 0 aliphatic rings. The Morgan fingerprint density at radius 1 is 1.29 bits per heavy atom. The minimum atomic E-state index is -0.374. The van der Waals surface area contributed by atoms with Crippen molar-refractivity contribution in [2.75, 3.05) is 6.54 Å². The molecule has 1 N–H and O–H groups in total. The fraction of sp³-hybridized carbons (Fsp3) is 0.353. The van der Waals surface area contributed by atoms with E-state index in [1.165, 1.54) is 6.07 Å². The summed E-state index contributed by atoms with van der Waals surface area (Å²) in [6.45, 7) is 4.99. The van der Waals surface area contributed by atoms with Gasteiger partial charge in [0, 0.05) is 5.69 Å². The fourth-order valence-electron chi connectivity index (χ4n) is 2.26. The molecule has 21 heavy (non-hydrogen) atoms. The standard InChI is InChI=1S/C17H20ClFN2/c1-3-9-20-17(16-6-4-5-12(2)21-16)11-13-7-8-14(18)15(19)10-13/h4-8,10,17,20H,3,9,11H2,1-2H3. The Kier molecular flexibility index (Phi) is 5.71. The van der Waals surface area contributed by atoms with Gasteiger partial charge in [0.1, 0.15) is 5.82 Å². The van der Waals surface area contributed by atoms with Gasteiger partial charge in [-0.3, -0.25) is 4.98 Å². The van der Waals surface area contributed by atoms with E-state index in [1.807, 2.05) is 31.2 Å². The molecule has 1 aromatic carbocycles. The molecular formula is C17H20ClFN2. The Labute approximate surface area is 130 Å². The van der Waals surface area contributed by atoms with Crippen molar-refractivity contribution in [1.82, 2.24) is 10.3 Å². The van der Waals surface area contributed by atoms with Gasteiger partial charge in [-0.25, -0.2) is 4.39 Å². The van der Waals surface area contributed by atoms with Crippen molar-refractivity contribution in [3.05, 3.63) is 64.2 Å². The van der Waals surface area contributed by atoms with Crippen LogP contribution in [0.1, 0.15) is 36.3 Å². The molecule has 0 radical (unpaired) electrons. The van der Waals surface area contributed by atoms with Gasteiger partial charge < -0.3 is 5.32 Å². The second kappa shape index (κ2) is 7.53. The Balaban J connectivity index is 2.21. The van der Waals surface area contributed by atoms with E-state index >= 15 is 0 Å². The predicted molar refractivity (Wildman–Crippen MR) is 85.1 cm³/mol. The molecule has 0 amide bonds. The summed E-state index contributed by atoms with van der Waals surface area (Å²) in [4.78, 5) is 4.58. The molecule has 0 fully saturated rings. The first-order valence-corrected chi connectivity index (χ1v) is 7.59. The number of hydrogen-bond acceptors (Lipinski definition) is 2. The summed E-state index contributed by atoms with van der Waals surface area (Å²) in [5.41, 5.74) is 2.88.